The van der Waals surface area contributed by atoms with E-state index in [2.05, 4.69) is 15.0 Å². The van der Waals surface area contributed by atoms with Crippen LogP contribution in [0.3, 0.4) is 0 Å². The molecule has 0 spiro atoms. The third-order valence-electron chi connectivity index (χ3n) is 4.80. The van der Waals surface area contributed by atoms with Crippen LogP contribution in [0, 0.1) is 5.92 Å². The third-order valence-corrected chi connectivity index (χ3v) is 4.80. The fourth-order valence-electron chi connectivity index (χ4n) is 3.50. The molecule has 3 rings (SSSR count). The Bertz CT molecular complexity index is 620. The molecule has 128 valence electrons. The normalized spacial score (nSPS) is 16.7. The van der Waals surface area contributed by atoms with E-state index in [1.54, 1.807) is 12.4 Å². The first-order valence-corrected chi connectivity index (χ1v) is 8.92. The van der Waals surface area contributed by atoms with Crippen LogP contribution in [0.25, 0.3) is 0 Å². The number of hydrogen-bond acceptors (Lipinski definition) is 3. The highest BCUT2D eigenvalue weighted by molar-refractivity contribution is 5.78. The lowest BCUT2D eigenvalue weighted by molar-refractivity contribution is -0.139. The van der Waals surface area contributed by atoms with Gasteiger partial charge in [-0.3, -0.25) is 14.5 Å². The van der Waals surface area contributed by atoms with Crippen LogP contribution in [-0.2, 0) is 17.9 Å². The van der Waals surface area contributed by atoms with Crippen molar-refractivity contribution < 1.29 is 4.79 Å². The molecule has 0 N–H and O–H groups in total. The minimum Gasteiger partial charge on any atom is -0.334 e. The fourth-order valence-corrected chi connectivity index (χ4v) is 3.50. The maximum absolute atomic E-state index is 13.1. The molecule has 24 heavy (non-hydrogen) atoms. The van der Waals surface area contributed by atoms with E-state index in [1.807, 2.05) is 42.1 Å². The molecule has 0 aliphatic heterocycles. The quantitative estimate of drug-likeness (QED) is 0.818. The zero-order valence-corrected chi connectivity index (χ0v) is 14.3. The number of carbonyl (C=O) groups is 1. The van der Waals surface area contributed by atoms with Crippen LogP contribution in [0.1, 0.15) is 44.7 Å². The van der Waals surface area contributed by atoms with Gasteiger partial charge in [0.15, 0.2) is 0 Å². The Morgan fingerprint density at radius 3 is 2.75 bits per heavy atom. The van der Waals surface area contributed by atoms with E-state index in [9.17, 15) is 4.79 Å². The molecule has 1 aliphatic rings. The van der Waals surface area contributed by atoms with Crippen molar-refractivity contribution >= 4 is 5.91 Å². The van der Waals surface area contributed by atoms with Gasteiger partial charge in [0.2, 0.25) is 5.91 Å². The summed E-state index contributed by atoms with van der Waals surface area (Å²) in [5.74, 6) is 0.124. The number of rotatable bonds is 6. The summed E-state index contributed by atoms with van der Waals surface area (Å²) < 4.78 is 1.84. The maximum atomic E-state index is 13.1. The van der Waals surface area contributed by atoms with Crippen LogP contribution in [0.5, 0.6) is 0 Å². The van der Waals surface area contributed by atoms with Crippen molar-refractivity contribution in [1.82, 2.24) is 19.7 Å². The van der Waals surface area contributed by atoms with Gasteiger partial charge < -0.3 is 4.90 Å². The van der Waals surface area contributed by atoms with Crippen molar-refractivity contribution in [2.45, 2.75) is 58.2 Å². The van der Waals surface area contributed by atoms with Gasteiger partial charge in [0.05, 0.1) is 24.7 Å². The summed E-state index contributed by atoms with van der Waals surface area (Å²) in [6.45, 7) is 3.23. The van der Waals surface area contributed by atoms with Crippen LogP contribution in [0.15, 0.2) is 42.9 Å². The summed E-state index contributed by atoms with van der Waals surface area (Å²) in [4.78, 5) is 19.6. The molecule has 5 nitrogen and oxygen atoms in total. The average Bonchev–Trinajstić information content (AvgIpc) is 3.14. The van der Waals surface area contributed by atoms with E-state index in [0.29, 0.717) is 19.1 Å². The van der Waals surface area contributed by atoms with E-state index < -0.39 is 0 Å². The molecular weight excluding hydrogens is 300 g/mol. The Morgan fingerprint density at radius 1 is 1.25 bits per heavy atom. The van der Waals surface area contributed by atoms with Crippen LogP contribution in [-0.4, -0.2) is 31.6 Å². The Balaban J connectivity index is 1.73. The van der Waals surface area contributed by atoms with E-state index >= 15 is 0 Å². The van der Waals surface area contributed by atoms with Crippen molar-refractivity contribution in [1.29, 1.82) is 0 Å². The minimum absolute atomic E-state index is 0.0875. The summed E-state index contributed by atoms with van der Waals surface area (Å²) in [6.07, 6.45) is 11.4. The van der Waals surface area contributed by atoms with Gasteiger partial charge in [-0.1, -0.05) is 32.3 Å². The summed E-state index contributed by atoms with van der Waals surface area (Å²) in [7, 11) is 0. The van der Waals surface area contributed by atoms with E-state index in [-0.39, 0.29) is 11.8 Å². The van der Waals surface area contributed by atoms with Gasteiger partial charge in [0.25, 0.3) is 0 Å². The van der Waals surface area contributed by atoms with E-state index in [1.165, 1.54) is 19.3 Å². The van der Waals surface area contributed by atoms with Crippen molar-refractivity contribution in [3.05, 3.63) is 48.5 Å². The van der Waals surface area contributed by atoms with Gasteiger partial charge in [-0.15, -0.1) is 0 Å². The molecule has 1 fully saturated rings. The number of amides is 1. The molecular formula is C19H26N4O. The van der Waals surface area contributed by atoms with Crippen molar-refractivity contribution in [3.63, 3.8) is 0 Å². The third kappa shape index (κ3) is 4.22. The molecule has 1 atom stereocenters. The molecule has 2 heterocycles. The number of carbonyl (C=O) groups excluding carboxylic acids is 1. The summed E-state index contributed by atoms with van der Waals surface area (Å²) >= 11 is 0. The second-order valence-corrected chi connectivity index (χ2v) is 6.71. The molecule has 1 unspecified atom stereocenters. The van der Waals surface area contributed by atoms with Crippen LogP contribution < -0.4 is 0 Å². The molecule has 0 saturated heterocycles. The molecule has 0 bridgehead atoms. The Labute approximate surface area is 143 Å². The summed E-state index contributed by atoms with van der Waals surface area (Å²) in [5.41, 5.74) is 0.961. The minimum atomic E-state index is -0.0875. The first kappa shape index (κ1) is 16.7. The summed E-state index contributed by atoms with van der Waals surface area (Å²) in [5, 5.41) is 4.23. The number of aromatic nitrogens is 3. The fraction of sp³-hybridized carbons (Fsp3) is 0.526. The number of pyridine rings is 1. The monoisotopic (exact) mass is 326 g/mol. The number of hydrogen-bond donors (Lipinski definition) is 0. The van der Waals surface area contributed by atoms with Gasteiger partial charge in [-0.25, -0.2) is 0 Å². The second-order valence-electron chi connectivity index (χ2n) is 6.71. The first-order valence-electron chi connectivity index (χ1n) is 8.92. The lowest BCUT2D eigenvalue weighted by atomic mass is 9.93. The van der Waals surface area contributed by atoms with Gasteiger partial charge in [-0.05, 0) is 31.0 Å². The highest BCUT2D eigenvalue weighted by Crippen LogP contribution is 2.25. The highest BCUT2D eigenvalue weighted by atomic mass is 16.2. The van der Waals surface area contributed by atoms with Gasteiger partial charge in [0.1, 0.15) is 0 Å². The molecule has 1 aliphatic carbocycles. The summed E-state index contributed by atoms with van der Waals surface area (Å²) in [6, 6.07) is 8.13. The zero-order valence-electron chi connectivity index (χ0n) is 14.3. The second kappa shape index (κ2) is 8.08. The molecule has 0 radical (unpaired) electrons. The topological polar surface area (TPSA) is 51.0 Å². The van der Waals surface area contributed by atoms with Gasteiger partial charge in [0, 0.05) is 24.6 Å². The predicted octanol–water partition coefficient (Wildman–Crippen LogP) is 3.28. The van der Waals surface area contributed by atoms with Gasteiger partial charge >= 0.3 is 0 Å². The Morgan fingerprint density at radius 2 is 2.08 bits per heavy atom. The number of nitrogens with zero attached hydrogens (tertiary/aromatic N) is 4. The molecule has 1 saturated carbocycles. The van der Waals surface area contributed by atoms with Crippen molar-refractivity contribution in [3.8, 4) is 0 Å². The molecule has 0 aromatic carbocycles. The van der Waals surface area contributed by atoms with Crippen LogP contribution in [0.4, 0.5) is 0 Å². The van der Waals surface area contributed by atoms with E-state index in [4.69, 9.17) is 0 Å². The molecule has 2 aromatic heterocycles. The lowest BCUT2D eigenvalue weighted by Gasteiger charge is -2.36. The molecule has 5 heteroatoms. The largest absolute Gasteiger partial charge is 0.334 e. The van der Waals surface area contributed by atoms with Crippen LogP contribution in [0.2, 0.25) is 0 Å². The molecule has 2 aromatic rings. The smallest absolute Gasteiger partial charge is 0.227 e. The first-order chi connectivity index (χ1) is 11.7. The highest BCUT2D eigenvalue weighted by Gasteiger charge is 2.29. The lowest BCUT2D eigenvalue weighted by Crippen LogP contribution is -2.44. The standard InChI is InChI=1S/C19H26N4O/c1-16(14-22-13-7-12-21-22)19(24)23(18-9-3-2-4-10-18)15-17-8-5-6-11-20-17/h5-8,11-13,16,18H,2-4,9-10,14-15H2,1H3. The SMILES string of the molecule is CC(Cn1cccn1)C(=O)N(Cc1ccccn1)C1CCCCC1. The Hall–Kier alpha value is -2.17. The predicted molar refractivity (Wildman–Crippen MR) is 93.1 cm³/mol. The zero-order chi connectivity index (χ0) is 16.8. The Kier molecular flexibility index (Phi) is 5.62. The van der Waals surface area contributed by atoms with Crippen molar-refractivity contribution in [2.24, 2.45) is 5.92 Å². The van der Waals surface area contributed by atoms with Gasteiger partial charge in [-0.2, -0.15) is 5.10 Å². The molecule has 1 amide bonds. The van der Waals surface area contributed by atoms with Crippen molar-refractivity contribution in [2.75, 3.05) is 0 Å². The van der Waals surface area contributed by atoms with Crippen LogP contribution >= 0.6 is 0 Å². The van der Waals surface area contributed by atoms with E-state index in [0.717, 1.165) is 18.5 Å². The maximum Gasteiger partial charge on any atom is 0.227 e. The average molecular weight is 326 g/mol.